The number of carbonyl (C=O) groups excluding carboxylic acids is 1. The van der Waals surface area contributed by atoms with Crippen LogP contribution in [0, 0.1) is 0 Å². The molecule has 27 heavy (non-hydrogen) atoms. The summed E-state index contributed by atoms with van der Waals surface area (Å²) in [7, 11) is -7.01. The molecule has 0 bridgehead atoms. The minimum absolute atomic E-state index is 0.0583. The Hall–Kier alpha value is -2.19. The number of sulfone groups is 2. The molecule has 0 aromatic heterocycles. The van der Waals surface area contributed by atoms with Crippen molar-refractivity contribution in [1.29, 1.82) is 0 Å². The molecule has 1 amide bonds. The first kappa shape index (κ1) is 18.2. The van der Waals surface area contributed by atoms with Crippen LogP contribution in [0.2, 0.25) is 0 Å². The normalized spacial score (nSPS) is 21.2. The third kappa shape index (κ3) is 3.27. The topological polar surface area (TPSA) is 88.6 Å². The van der Waals surface area contributed by atoms with Crippen LogP contribution in [0.15, 0.2) is 53.4 Å². The minimum Gasteiger partial charge on any atom is -0.308 e. The lowest BCUT2D eigenvalue weighted by Gasteiger charge is -2.17. The second-order valence-electron chi connectivity index (χ2n) is 6.93. The standard InChI is InChI=1S/C19H19NO5S2/c21-19(20-11-9-14-3-1-2-4-18(14)20)15-5-7-16(8-6-15)27(24,25)17-10-12-26(22,23)13-17/h1-8,17H,9-13H2/t17-/m1/s1. The Morgan fingerprint density at radius 2 is 1.74 bits per heavy atom. The van der Waals surface area contributed by atoms with E-state index in [4.69, 9.17) is 0 Å². The Labute approximate surface area is 158 Å². The van der Waals surface area contributed by atoms with Crippen molar-refractivity contribution < 1.29 is 21.6 Å². The van der Waals surface area contributed by atoms with Crippen molar-refractivity contribution in [1.82, 2.24) is 0 Å². The van der Waals surface area contributed by atoms with Crippen molar-refractivity contribution in [2.75, 3.05) is 23.0 Å². The second-order valence-corrected chi connectivity index (χ2v) is 11.4. The van der Waals surface area contributed by atoms with Crippen molar-refractivity contribution in [2.24, 2.45) is 0 Å². The highest BCUT2D eigenvalue weighted by atomic mass is 32.2. The van der Waals surface area contributed by atoms with Crippen LogP contribution >= 0.6 is 0 Å². The number of nitrogens with zero attached hydrogens (tertiary/aromatic N) is 1. The van der Waals surface area contributed by atoms with Crippen LogP contribution in [0.3, 0.4) is 0 Å². The summed E-state index contributed by atoms with van der Waals surface area (Å²) in [6.07, 6.45) is 0.917. The van der Waals surface area contributed by atoms with Gasteiger partial charge in [-0.3, -0.25) is 4.79 Å². The molecule has 2 aliphatic heterocycles. The molecule has 1 saturated heterocycles. The maximum Gasteiger partial charge on any atom is 0.258 e. The zero-order valence-electron chi connectivity index (χ0n) is 14.5. The van der Waals surface area contributed by atoms with E-state index in [2.05, 4.69) is 0 Å². The molecular formula is C19H19NO5S2. The van der Waals surface area contributed by atoms with E-state index in [-0.39, 0.29) is 28.7 Å². The van der Waals surface area contributed by atoms with Crippen LogP contribution in [0.25, 0.3) is 0 Å². The molecule has 2 aliphatic rings. The first-order valence-corrected chi connectivity index (χ1v) is 12.1. The Bertz CT molecular complexity index is 1110. The molecule has 0 spiro atoms. The SMILES string of the molecule is O=C(c1ccc(S(=O)(=O)[C@@H]2CCS(=O)(=O)C2)cc1)N1CCc2ccccc21. The highest BCUT2D eigenvalue weighted by molar-refractivity contribution is 7.96. The molecule has 1 fully saturated rings. The summed E-state index contributed by atoms with van der Waals surface area (Å²) in [6.45, 7) is 0.595. The van der Waals surface area contributed by atoms with Crippen LogP contribution in [-0.4, -0.2) is 46.0 Å². The molecular weight excluding hydrogens is 386 g/mol. The van der Waals surface area contributed by atoms with Crippen LogP contribution in [-0.2, 0) is 26.1 Å². The van der Waals surface area contributed by atoms with E-state index in [0.29, 0.717) is 12.1 Å². The number of hydrogen-bond acceptors (Lipinski definition) is 5. The maximum absolute atomic E-state index is 12.8. The number of hydrogen-bond donors (Lipinski definition) is 0. The highest BCUT2D eigenvalue weighted by Crippen LogP contribution is 2.30. The fourth-order valence-electron chi connectivity index (χ4n) is 3.69. The lowest BCUT2D eigenvalue weighted by atomic mass is 10.1. The van der Waals surface area contributed by atoms with Gasteiger partial charge in [0.1, 0.15) is 0 Å². The van der Waals surface area contributed by atoms with E-state index in [9.17, 15) is 21.6 Å². The monoisotopic (exact) mass is 405 g/mol. The number of carbonyl (C=O) groups is 1. The number of benzene rings is 2. The van der Waals surface area contributed by atoms with Gasteiger partial charge in [-0.1, -0.05) is 18.2 Å². The van der Waals surface area contributed by atoms with Crippen LogP contribution < -0.4 is 4.90 Å². The summed E-state index contributed by atoms with van der Waals surface area (Å²) in [5, 5.41) is -0.908. The Morgan fingerprint density at radius 3 is 2.41 bits per heavy atom. The first-order valence-electron chi connectivity index (χ1n) is 8.72. The summed E-state index contributed by atoms with van der Waals surface area (Å²) in [6, 6.07) is 13.5. The van der Waals surface area contributed by atoms with E-state index >= 15 is 0 Å². The smallest absolute Gasteiger partial charge is 0.258 e. The van der Waals surface area contributed by atoms with Gasteiger partial charge < -0.3 is 4.90 Å². The van der Waals surface area contributed by atoms with Crippen LogP contribution in [0.4, 0.5) is 5.69 Å². The molecule has 2 aromatic rings. The Balaban J connectivity index is 1.57. The van der Waals surface area contributed by atoms with Gasteiger partial charge >= 0.3 is 0 Å². The summed E-state index contributed by atoms with van der Waals surface area (Å²) in [5.74, 6) is -0.602. The van der Waals surface area contributed by atoms with Crippen molar-refractivity contribution in [3.63, 3.8) is 0 Å². The van der Waals surface area contributed by atoms with Gasteiger partial charge in [0, 0.05) is 17.8 Å². The molecule has 0 saturated carbocycles. The minimum atomic E-state index is -3.72. The fourth-order valence-corrected chi connectivity index (χ4v) is 8.05. The van der Waals surface area contributed by atoms with Crippen LogP contribution in [0.5, 0.6) is 0 Å². The molecule has 0 unspecified atom stereocenters. The number of anilines is 1. The largest absolute Gasteiger partial charge is 0.308 e. The summed E-state index contributed by atoms with van der Waals surface area (Å²) < 4.78 is 48.5. The quantitative estimate of drug-likeness (QED) is 0.778. The van der Waals surface area contributed by atoms with Crippen LogP contribution in [0.1, 0.15) is 22.3 Å². The molecule has 142 valence electrons. The second kappa shape index (κ2) is 6.45. The maximum atomic E-state index is 12.8. The van der Waals surface area contributed by atoms with Gasteiger partial charge in [-0.05, 0) is 48.7 Å². The van der Waals surface area contributed by atoms with E-state index in [0.717, 1.165) is 17.7 Å². The highest BCUT2D eigenvalue weighted by Gasteiger charge is 2.38. The molecule has 0 N–H and O–H groups in total. The average molecular weight is 405 g/mol. The van der Waals surface area contributed by atoms with Gasteiger partial charge in [0.2, 0.25) is 0 Å². The number of fused-ring (bicyclic) bond motifs is 1. The molecule has 0 aliphatic carbocycles. The molecule has 4 rings (SSSR count). The van der Waals surface area contributed by atoms with Gasteiger partial charge in [-0.15, -0.1) is 0 Å². The van der Waals surface area contributed by atoms with Gasteiger partial charge in [0.15, 0.2) is 19.7 Å². The lowest BCUT2D eigenvalue weighted by Crippen LogP contribution is -2.29. The molecule has 2 heterocycles. The number of amides is 1. The first-order chi connectivity index (χ1) is 12.8. The van der Waals surface area contributed by atoms with E-state index in [1.807, 2.05) is 24.3 Å². The molecule has 1 atom stereocenters. The zero-order chi connectivity index (χ0) is 19.2. The molecule has 2 aromatic carbocycles. The van der Waals surface area contributed by atoms with Gasteiger partial charge in [-0.25, -0.2) is 16.8 Å². The molecule has 0 radical (unpaired) electrons. The fraction of sp³-hybridized carbons (Fsp3) is 0.316. The van der Waals surface area contributed by atoms with Crippen molar-refractivity contribution in [3.05, 3.63) is 59.7 Å². The van der Waals surface area contributed by atoms with Crippen molar-refractivity contribution in [2.45, 2.75) is 23.0 Å². The summed E-state index contributed by atoms with van der Waals surface area (Å²) in [4.78, 5) is 14.6. The Morgan fingerprint density at radius 1 is 1.04 bits per heavy atom. The predicted octanol–water partition coefficient (Wildman–Crippen LogP) is 1.85. The van der Waals surface area contributed by atoms with Gasteiger partial charge in [0.05, 0.1) is 21.7 Å². The predicted molar refractivity (Wildman–Crippen MR) is 103 cm³/mol. The van der Waals surface area contributed by atoms with Gasteiger partial charge in [0.25, 0.3) is 5.91 Å². The summed E-state index contributed by atoms with van der Waals surface area (Å²) >= 11 is 0. The number of rotatable bonds is 3. The molecule has 6 nitrogen and oxygen atoms in total. The Kier molecular flexibility index (Phi) is 4.35. The lowest BCUT2D eigenvalue weighted by molar-refractivity contribution is 0.0989. The third-order valence-corrected chi connectivity index (χ3v) is 9.38. The third-order valence-electron chi connectivity index (χ3n) is 5.19. The number of para-hydroxylation sites is 1. The van der Waals surface area contributed by atoms with Crippen molar-refractivity contribution >= 4 is 31.3 Å². The molecule has 8 heteroatoms. The van der Waals surface area contributed by atoms with E-state index in [1.54, 1.807) is 4.90 Å². The van der Waals surface area contributed by atoms with Gasteiger partial charge in [-0.2, -0.15) is 0 Å². The summed E-state index contributed by atoms with van der Waals surface area (Å²) in [5.41, 5.74) is 2.41. The zero-order valence-corrected chi connectivity index (χ0v) is 16.2. The van der Waals surface area contributed by atoms with E-state index in [1.165, 1.54) is 24.3 Å². The van der Waals surface area contributed by atoms with E-state index < -0.39 is 24.9 Å². The van der Waals surface area contributed by atoms with Crippen molar-refractivity contribution in [3.8, 4) is 0 Å². The average Bonchev–Trinajstić information content (AvgIpc) is 3.24.